The Morgan fingerprint density at radius 1 is 1.48 bits per heavy atom. The van der Waals surface area contributed by atoms with Crippen LogP contribution in [0.25, 0.3) is 0 Å². The number of hydrogen-bond donors (Lipinski definition) is 1. The highest BCUT2D eigenvalue weighted by Gasteiger charge is 2.18. The molecule has 1 aliphatic heterocycles. The van der Waals surface area contributed by atoms with Gasteiger partial charge in [-0.1, -0.05) is 5.21 Å². The van der Waals surface area contributed by atoms with E-state index < -0.39 is 0 Å². The van der Waals surface area contributed by atoms with Gasteiger partial charge in [-0.05, 0) is 25.9 Å². The molecule has 1 aliphatic rings. The van der Waals surface area contributed by atoms with Crippen molar-refractivity contribution in [2.45, 2.75) is 18.9 Å². The Kier molecular flexibility index (Phi) is 5.27. The second kappa shape index (κ2) is 6.97. The molecular weight excluding hydrogens is 312 g/mol. The van der Waals surface area contributed by atoms with Gasteiger partial charge >= 0.3 is 5.91 Å². The van der Waals surface area contributed by atoms with Crippen LogP contribution in [0.4, 0.5) is 0 Å². The van der Waals surface area contributed by atoms with Crippen LogP contribution in [0.5, 0.6) is 0 Å². The van der Waals surface area contributed by atoms with Gasteiger partial charge in [0.05, 0.1) is 12.2 Å². The van der Waals surface area contributed by atoms with E-state index in [-0.39, 0.29) is 18.3 Å². The number of halogens is 1. The van der Waals surface area contributed by atoms with Gasteiger partial charge in [-0.25, -0.2) is 4.68 Å². The molecule has 1 amide bonds. The average molecular weight is 329 g/mol. The smallest absolute Gasteiger partial charge is 0.301 e. The Bertz CT molecular complexity index is 669. The molecule has 0 spiro atoms. The van der Waals surface area contributed by atoms with Gasteiger partial charge in [0.2, 0.25) is 0 Å². The molecule has 3 rings (SSSR count). The third-order valence-corrected chi connectivity index (χ3v) is 4.22. The molecule has 0 saturated carbocycles. The third kappa shape index (κ3) is 3.58. The van der Waals surface area contributed by atoms with Crippen molar-refractivity contribution in [3.8, 4) is 0 Å². The Morgan fingerprint density at radius 2 is 2.24 bits per heavy atom. The first-order valence-corrected chi connectivity index (χ1v) is 7.44. The second-order valence-electron chi connectivity index (χ2n) is 4.78. The van der Waals surface area contributed by atoms with Crippen molar-refractivity contribution in [1.82, 2.24) is 24.9 Å². The Labute approximate surface area is 132 Å². The minimum Gasteiger partial charge on any atom is -0.327 e. The number of carbonyl (C=O) groups excluding carboxylic acids is 1. The molecule has 114 valence electrons. The molecule has 0 atom stereocenters. The standard InChI is InChI=1S/C12H16N6OS.ClH/c1-17-6-7-20-12(17)14-11(19)10-8-18(16-15-10)9-2-4-13-5-3-9;/h6-9,13H,2-5H2,1H3;1H. The molecule has 9 heteroatoms. The normalized spacial score (nSPS) is 16.7. The monoisotopic (exact) mass is 328 g/mol. The first kappa shape index (κ1) is 15.9. The highest BCUT2D eigenvalue weighted by atomic mass is 35.5. The lowest BCUT2D eigenvalue weighted by Crippen LogP contribution is -2.29. The summed E-state index contributed by atoms with van der Waals surface area (Å²) in [5, 5.41) is 13.2. The lowest BCUT2D eigenvalue weighted by Gasteiger charge is -2.21. The van der Waals surface area contributed by atoms with E-state index >= 15 is 0 Å². The van der Waals surface area contributed by atoms with Gasteiger partial charge in [-0.15, -0.1) is 28.8 Å². The van der Waals surface area contributed by atoms with Crippen molar-refractivity contribution in [3.05, 3.63) is 28.3 Å². The Morgan fingerprint density at radius 3 is 2.90 bits per heavy atom. The van der Waals surface area contributed by atoms with Crippen molar-refractivity contribution >= 4 is 29.7 Å². The summed E-state index contributed by atoms with van der Waals surface area (Å²) in [7, 11) is 1.86. The molecule has 1 N–H and O–H groups in total. The molecule has 1 saturated heterocycles. The molecule has 0 bridgehead atoms. The fourth-order valence-corrected chi connectivity index (χ4v) is 2.93. The summed E-state index contributed by atoms with van der Waals surface area (Å²) in [6.07, 6.45) is 5.58. The first-order chi connectivity index (χ1) is 9.74. The van der Waals surface area contributed by atoms with Crippen molar-refractivity contribution in [1.29, 1.82) is 0 Å². The third-order valence-electron chi connectivity index (χ3n) is 3.37. The quantitative estimate of drug-likeness (QED) is 0.883. The van der Waals surface area contributed by atoms with Crippen molar-refractivity contribution < 1.29 is 4.79 Å². The number of aryl methyl sites for hydroxylation is 1. The van der Waals surface area contributed by atoms with Gasteiger partial charge in [0.25, 0.3) is 0 Å². The zero-order valence-corrected chi connectivity index (χ0v) is 13.2. The van der Waals surface area contributed by atoms with E-state index in [9.17, 15) is 4.79 Å². The average Bonchev–Trinajstić information content (AvgIpc) is 3.10. The fourth-order valence-electron chi connectivity index (χ4n) is 2.20. The van der Waals surface area contributed by atoms with Gasteiger partial charge in [0, 0.05) is 18.6 Å². The van der Waals surface area contributed by atoms with E-state index in [2.05, 4.69) is 20.6 Å². The molecule has 0 aromatic carbocycles. The molecule has 3 heterocycles. The van der Waals surface area contributed by atoms with Gasteiger partial charge in [0.15, 0.2) is 10.5 Å². The topological polar surface area (TPSA) is 77.1 Å². The fraction of sp³-hybridized carbons (Fsp3) is 0.500. The van der Waals surface area contributed by atoms with E-state index in [1.165, 1.54) is 11.3 Å². The van der Waals surface area contributed by atoms with Crippen LogP contribution >= 0.6 is 23.7 Å². The number of hydrogen-bond acceptors (Lipinski definition) is 5. The van der Waals surface area contributed by atoms with Crippen LogP contribution in [-0.2, 0) is 7.05 Å². The SMILES string of the molecule is Cl.Cn1ccsc1=NC(=O)c1cn(C2CCNCC2)nn1. The lowest BCUT2D eigenvalue weighted by atomic mass is 10.1. The van der Waals surface area contributed by atoms with E-state index in [4.69, 9.17) is 0 Å². The predicted molar refractivity (Wildman–Crippen MR) is 81.6 cm³/mol. The summed E-state index contributed by atoms with van der Waals surface area (Å²) < 4.78 is 3.60. The maximum absolute atomic E-state index is 12.1. The van der Waals surface area contributed by atoms with Crippen LogP contribution in [0.15, 0.2) is 22.8 Å². The van der Waals surface area contributed by atoms with Crippen LogP contribution in [0.1, 0.15) is 29.4 Å². The van der Waals surface area contributed by atoms with Gasteiger partial charge < -0.3 is 9.88 Å². The summed E-state index contributed by atoms with van der Waals surface area (Å²) in [6.45, 7) is 1.95. The lowest BCUT2D eigenvalue weighted by molar-refractivity contribution is 0.0993. The van der Waals surface area contributed by atoms with Crippen LogP contribution < -0.4 is 10.1 Å². The van der Waals surface area contributed by atoms with Crippen LogP contribution in [0, 0.1) is 0 Å². The number of aromatic nitrogens is 4. The zero-order chi connectivity index (χ0) is 13.9. The van der Waals surface area contributed by atoms with Crippen LogP contribution in [-0.4, -0.2) is 38.6 Å². The highest BCUT2D eigenvalue weighted by Crippen LogP contribution is 2.17. The summed E-state index contributed by atoms with van der Waals surface area (Å²) in [4.78, 5) is 16.8. The summed E-state index contributed by atoms with van der Waals surface area (Å²) >= 11 is 1.42. The summed E-state index contributed by atoms with van der Waals surface area (Å²) in [5.74, 6) is -0.344. The molecule has 0 radical (unpaired) electrons. The number of thiazole rings is 1. The number of piperidine rings is 1. The maximum atomic E-state index is 12.1. The molecule has 21 heavy (non-hydrogen) atoms. The number of nitrogens with zero attached hydrogens (tertiary/aromatic N) is 5. The minimum atomic E-state index is -0.344. The molecule has 2 aromatic heterocycles. The van der Waals surface area contributed by atoms with E-state index in [1.807, 2.05) is 18.6 Å². The van der Waals surface area contributed by atoms with Gasteiger partial charge in [0.1, 0.15) is 0 Å². The van der Waals surface area contributed by atoms with E-state index in [0.717, 1.165) is 25.9 Å². The van der Waals surface area contributed by atoms with Crippen molar-refractivity contribution in [3.63, 3.8) is 0 Å². The predicted octanol–water partition coefficient (Wildman–Crippen LogP) is 0.765. The van der Waals surface area contributed by atoms with Crippen molar-refractivity contribution in [2.24, 2.45) is 12.0 Å². The zero-order valence-electron chi connectivity index (χ0n) is 11.6. The maximum Gasteiger partial charge on any atom is 0.301 e. The molecule has 0 unspecified atom stereocenters. The summed E-state index contributed by atoms with van der Waals surface area (Å²) in [6, 6.07) is 0.322. The van der Waals surface area contributed by atoms with Gasteiger partial charge in [-0.2, -0.15) is 4.99 Å². The largest absolute Gasteiger partial charge is 0.327 e. The number of rotatable bonds is 2. The summed E-state index contributed by atoms with van der Waals surface area (Å²) in [5.41, 5.74) is 0.303. The number of amides is 1. The number of nitrogens with one attached hydrogen (secondary N) is 1. The van der Waals surface area contributed by atoms with E-state index in [0.29, 0.717) is 16.5 Å². The Hall–Kier alpha value is -1.51. The van der Waals surface area contributed by atoms with E-state index in [1.54, 1.807) is 15.4 Å². The van der Waals surface area contributed by atoms with Crippen LogP contribution in [0.3, 0.4) is 0 Å². The van der Waals surface area contributed by atoms with Crippen molar-refractivity contribution in [2.75, 3.05) is 13.1 Å². The minimum absolute atomic E-state index is 0. The first-order valence-electron chi connectivity index (χ1n) is 6.56. The second-order valence-corrected chi connectivity index (χ2v) is 5.65. The van der Waals surface area contributed by atoms with Gasteiger partial charge in [-0.3, -0.25) is 4.79 Å². The number of carbonyl (C=O) groups is 1. The molecule has 7 nitrogen and oxygen atoms in total. The molecule has 1 fully saturated rings. The Balaban J connectivity index is 0.00000161. The molecule has 0 aliphatic carbocycles. The molecular formula is C12H17ClN6OS. The van der Waals surface area contributed by atoms with Crippen LogP contribution in [0.2, 0.25) is 0 Å². The highest BCUT2D eigenvalue weighted by molar-refractivity contribution is 7.07. The molecule has 2 aromatic rings.